The first-order chi connectivity index (χ1) is 8.72. The van der Waals surface area contributed by atoms with E-state index in [2.05, 4.69) is 10.3 Å². The molecule has 0 fully saturated rings. The van der Waals surface area contributed by atoms with Crippen molar-refractivity contribution in [1.82, 2.24) is 4.98 Å². The summed E-state index contributed by atoms with van der Waals surface area (Å²) in [4.78, 5) is 4.08. The van der Waals surface area contributed by atoms with E-state index >= 15 is 0 Å². The fraction of sp³-hybridized carbons (Fsp3) is 0.0769. The number of nitriles is 1. The SMILES string of the molecule is COc1ccc(Nc2ccc(C#N)c(Cl)c2)cn1. The Morgan fingerprint density at radius 1 is 1.28 bits per heavy atom. The van der Waals surface area contributed by atoms with E-state index in [1.165, 1.54) is 0 Å². The number of ether oxygens (including phenoxy) is 1. The number of benzene rings is 1. The van der Waals surface area contributed by atoms with Crippen LogP contribution in [0.25, 0.3) is 0 Å². The van der Waals surface area contributed by atoms with E-state index in [4.69, 9.17) is 21.6 Å². The lowest BCUT2D eigenvalue weighted by atomic mass is 10.2. The number of hydrogen-bond acceptors (Lipinski definition) is 4. The van der Waals surface area contributed by atoms with Crippen LogP contribution in [0.2, 0.25) is 5.02 Å². The standard InChI is InChI=1S/C13H10ClN3O/c1-18-13-5-4-11(8-16-13)17-10-3-2-9(7-15)12(14)6-10/h2-6,8,17H,1H3. The van der Waals surface area contributed by atoms with Crippen LogP contribution >= 0.6 is 11.6 Å². The van der Waals surface area contributed by atoms with Gasteiger partial charge >= 0.3 is 0 Å². The zero-order chi connectivity index (χ0) is 13.0. The van der Waals surface area contributed by atoms with Crippen LogP contribution in [0.4, 0.5) is 11.4 Å². The van der Waals surface area contributed by atoms with Crippen molar-refractivity contribution in [3.8, 4) is 11.9 Å². The molecule has 1 aromatic heterocycles. The number of anilines is 2. The molecule has 2 rings (SSSR count). The molecule has 0 amide bonds. The van der Waals surface area contributed by atoms with Gasteiger partial charge in [0.1, 0.15) is 6.07 Å². The number of rotatable bonds is 3. The minimum atomic E-state index is 0.420. The van der Waals surface area contributed by atoms with Crippen molar-refractivity contribution >= 4 is 23.0 Å². The van der Waals surface area contributed by atoms with E-state index in [0.29, 0.717) is 16.5 Å². The molecule has 1 heterocycles. The van der Waals surface area contributed by atoms with Crippen molar-refractivity contribution in [3.05, 3.63) is 47.1 Å². The molecule has 1 N–H and O–H groups in total. The second-order valence-electron chi connectivity index (χ2n) is 3.52. The summed E-state index contributed by atoms with van der Waals surface area (Å²) in [5.74, 6) is 0.554. The predicted molar refractivity (Wildman–Crippen MR) is 70.2 cm³/mol. The Morgan fingerprint density at radius 3 is 2.61 bits per heavy atom. The van der Waals surface area contributed by atoms with Crippen LogP contribution in [0.15, 0.2) is 36.5 Å². The van der Waals surface area contributed by atoms with Crippen LogP contribution in [0.5, 0.6) is 5.88 Å². The van der Waals surface area contributed by atoms with Gasteiger partial charge in [-0.25, -0.2) is 4.98 Å². The first-order valence-corrected chi connectivity index (χ1v) is 5.57. The average Bonchev–Trinajstić information content (AvgIpc) is 2.40. The molecular weight excluding hydrogens is 250 g/mol. The van der Waals surface area contributed by atoms with Gasteiger partial charge in [-0.2, -0.15) is 5.26 Å². The van der Waals surface area contributed by atoms with E-state index in [-0.39, 0.29) is 0 Å². The molecule has 4 nitrogen and oxygen atoms in total. The first kappa shape index (κ1) is 12.2. The Hall–Kier alpha value is -2.25. The number of halogens is 1. The number of pyridine rings is 1. The summed E-state index contributed by atoms with van der Waals surface area (Å²) >= 11 is 5.95. The summed E-state index contributed by atoms with van der Waals surface area (Å²) in [6, 6.07) is 10.8. The lowest BCUT2D eigenvalue weighted by Crippen LogP contribution is -1.93. The molecule has 0 aliphatic heterocycles. The highest BCUT2D eigenvalue weighted by Crippen LogP contribution is 2.23. The lowest BCUT2D eigenvalue weighted by molar-refractivity contribution is 0.398. The van der Waals surface area contributed by atoms with Crippen LogP contribution in [-0.2, 0) is 0 Å². The highest BCUT2D eigenvalue weighted by Gasteiger charge is 2.02. The van der Waals surface area contributed by atoms with Crippen molar-refractivity contribution in [2.24, 2.45) is 0 Å². The molecule has 5 heteroatoms. The van der Waals surface area contributed by atoms with E-state index in [1.807, 2.05) is 12.1 Å². The molecular formula is C13H10ClN3O. The molecule has 0 spiro atoms. The normalized spacial score (nSPS) is 9.61. The van der Waals surface area contributed by atoms with E-state index < -0.39 is 0 Å². The van der Waals surface area contributed by atoms with Gasteiger partial charge < -0.3 is 10.1 Å². The summed E-state index contributed by atoms with van der Waals surface area (Å²) in [5.41, 5.74) is 2.07. The van der Waals surface area contributed by atoms with Crippen molar-refractivity contribution in [2.45, 2.75) is 0 Å². The monoisotopic (exact) mass is 259 g/mol. The Balaban J connectivity index is 2.18. The minimum Gasteiger partial charge on any atom is -0.481 e. The second kappa shape index (κ2) is 5.39. The highest BCUT2D eigenvalue weighted by molar-refractivity contribution is 6.32. The van der Waals surface area contributed by atoms with Crippen LogP contribution in [0.1, 0.15) is 5.56 Å². The highest BCUT2D eigenvalue weighted by atomic mass is 35.5. The third kappa shape index (κ3) is 2.70. The van der Waals surface area contributed by atoms with Crippen LogP contribution in [0.3, 0.4) is 0 Å². The molecule has 0 aliphatic carbocycles. The smallest absolute Gasteiger partial charge is 0.213 e. The number of aromatic nitrogens is 1. The Bertz CT molecular complexity index is 590. The fourth-order valence-electron chi connectivity index (χ4n) is 1.43. The summed E-state index contributed by atoms with van der Waals surface area (Å²) < 4.78 is 4.97. The summed E-state index contributed by atoms with van der Waals surface area (Å²) in [6.45, 7) is 0. The minimum absolute atomic E-state index is 0.420. The maximum Gasteiger partial charge on any atom is 0.213 e. The zero-order valence-corrected chi connectivity index (χ0v) is 10.4. The molecule has 2 aromatic rings. The average molecular weight is 260 g/mol. The fourth-order valence-corrected chi connectivity index (χ4v) is 1.65. The molecule has 18 heavy (non-hydrogen) atoms. The van der Waals surface area contributed by atoms with Gasteiger partial charge in [0.15, 0.2) is 0 Å². The quantitative estimate of drug-likeness (QED) is 0.918. The molecule has 0 unspecified atom stereocenters. The molecule has 0 atom stereocenters. The third-order valence-corrected chi connectivity index (χ3v) is 2.64. The van der Waals surface area contributed by atoms with Crippen molar-refractivity contribution in [2.75, 3.05) is 12.4 Å². The Morgan fingerprint density at radius 2 is 2.06 bits per heavy atom. The van der Waals surface area contributed by atoms with Crippen molar-refractivity contribution in [3.63, 3.8) is 0 Å². The number of nitrogens with zero attached hydrogens (tertiary/aromatic N) is 2. The molecule has 1 aromatic carbocycles. The molecule has 0 aliphatic rings. The number of methoxy groups -OCH3 is 1. The van der Waals surface area contributed by atoms with Crippen LogP contribution < -0.4 is 10.1 Å². The van der Waals surface area contributed by atoms with Crippen LogP contribution in [-0.4, -0.2) is 12.1 Å². The van der Waals surface area contributed by atoms with Gasteiger partial charge in [-0.15, -0.1) is 0 Å². The Kier molecular flexibility index (Phi) is 3.66. The summed E-state index contributed by atoms with van der Waals surface area (Å²) in [6.07, 6.45) is 1.66. The lowest BCUT2D eigenvalue weighted by Gasteiger charge is -2.07. The Labute approximate surface area is 110 Å². The molecule has 0 radical (unpaired) electrons. The van der Waals surface area contributed by atoms with Gasteiger partial charge in [-0.05, 0) is 24.3 Å². The van der Waals surface area contributed by atoms with Gasteiger partial charge in [0.2, 0.25) is 5.88 Å². The molecule has 0 saturated heterocycles. The summed E-state index contributed by atoms with van der Waals surface area (Å²) in [7, 11) is 1.57. The van der Waals surface area contributed by atoms with E-state index in [9.17, 15) is 0 Å². The van der Waals surface area contributed by atoms with Crippen molar-refractivity contribution < 1.29 is 4.74 Å². The number of nitrogens with one attached hydrogen (secondary N) is 1. The van der Waals surface area contributed by atoms with Gasteiger partial charge in [-0.1, -0.05) is 11.6 Å². The topological polar surface area (TPSA) is 57.9 Å². The first-order valence-electron chi connectivity index (χ1n) is 5.19. The van der Waals surface area contributed by atoms with E-state index in [0.717, 1.165) is 11.4 Å². The maximum atomic E-state index is 8.78. The van der Waals surface area contributed by atoms with Gasteiger partial charge in [0.05, 0.1) is 29.6 Å². The maximum absolute atomic E-state index is 8.78. The van der Waals surface area contributed by atoms with Crippen LogP contribution in [0, 0.1) is 11.3 Å². The largest absolute Gasteiger partial charge is 0.481 e. The molecule has 90 valence electrons. The van der Waals surface area contributed by atoms with Gasteiger partial charge in [0.25, 0.3) is 0 Å². The van der Waals surface area contributed by atoms with Crippen molar-refractivity contribution in [1.29, 1.82) is 5.26 Å². The molecule has 0 bridgehead atoms. The van der Waals surface area contributed by atoms with E-state index in [1.54, 1.807) is 37.6 Å². The summed E-state index contributed by atoms with van der Waals surface area (Å²) in [5, 5.41) is 12.3. The zero-order valence-electron chi connectivity index (χ0n) is 9.64. The third-order valence-electron chi connectivity index (χ3n) is 2.32. The number of hydrogen-bond donors (Lipinski definition) is 1. The second-order valence-corrected chi connectivity index (χ2v) is 3.93. The predicted octanol–water partition coefficient (Wildman–Crippen LogP) is 3.36. The van der Waals surface area contributed by atoms with Gasteiger partial charge in [-0.3, -0.25) is 0 Å². The van der Waals surface area contributed by atoms with Gasteiger partial charge in [0, 0.05) is 11.8 Å². The molecule has 0 saturated carbocycles.